The van der Waals surface area contributed by atoms with Crippen molar-refractivity contribution in [2.75, 3.05) is 27.2 Å². The second-order valence-corrected chi connectivity index (χ2v) is 7.16. The second kappa shape index (κ2) is 6.83. The molecule has 118 valence electrons. The van der Waals surface area contributed by atoms with Gasteiger partial charge in [-0.25, -0.2) is 17.5 Å². The second-order valence-electron chi connectivity index (χ2n) is 5.39. The van der Waals surface area contributed by atoms with Crippen molar-refractivity contribution in [3.05, 3.63) is 29.6 Å². The van der Waals surface area contributed by atoms with Crippen molar-refractivity contribution < 1.29 is 12.8 Å². The summed E-state index contributed by atoms with van der Waals surface area (Å²) in [6.07, 6.45) is 2.38. The molecule has 0 aromatic heterocycles. The van der Waals surface area contributed by atoms with Crippen LogP contribution in [0.15, 0.2) is 23.1 Å². The van der Waals surface area contributed by atoms with E-state index in [0.29, 0.717) is 31.2 Å². The third-order valence-electron chi connectivity index (χ3n) is 3.62. The van der Waals surface area contributed by atoms with Crippen LogP contribution in [0.4, 0.5) is 4.39 Å². The van der Waals surface area contributed by atoms with Gasteiger partial charge in [0.05, 0.1) is 4.90 Å². The molecule has 0 amide bonds. The predicted octanol–water partition coefficient (Wildman–Crippen LogP) is 0.918. The number of rotatable bonds is 8. The summed E-state index contributed by atoms with van der Waals surface area (Å²) in [6, 6.07) is 4.46. The Morgan fingerprint density at radius 1 is 1.38 bits per heavy atom. The largest absolute Gasteiger partial charge is 0.316 e. The molecule has 7 heteroatoms. The minimum atomic E-state index is -3.59. The van der Waals surface area contributed by atoms with Gasteiger partial charge in [0, 0.05) is 31.2 Å². The smallest absolute Gasteiger partial charge is 0.240 e. The van der Waals surface area contributed by atoms with Gasteiger partial charge in [0.25, 0.3) is 0 Å². The number of sulfonamides is 1. The lowest BCUT2D eigenvalue weighted by Crippen LogP contribution is -2.34. The molecular formula is C14H22FN3O2S. The molecule has 1 aliphatic rings. The van der Waals surface area contributed by atoms with Crippen LogP contribution in [0, 0.1) is 5.82 Å². The topological polar surface area (TPSA) is 61.4 Å². The Morgan fingerprint density at radius 3 is 2.71 bits per heavy atom. The first kappa shape index (κ1) is 16.4. The van der Waals surface area contributed by atoms with Crippen molar-refractivity contribution in [1.29, 1.82) is 0 Å². The van der Waals surface area contributed by atoms with Crippen LogP contribution >= 0.6 is 0 Å². The maximum absolute atomic E-state index is 13.5. The summed E-state index contributed by atoms with van der Waals surface area (Å²) in [7, 11) is 0.0921. The van der Waals surface area contributed by atoms with Gasteiger partial charge in [-0.15, -0.1) is 0 Å². The van der Waals surface area contributed by atoms with E-state index in [1.165, 1.54) is 31.0 Å². The lowest BCUT2D eigenvalue weighted by Gasteiger charge is -2.16. The van der Waals surface area contributed by atoms with Gasteiger partial charge in [-0.05, 0) is 45.1 Å². The SMILES string of the molecule is CNCc1cc(S(=O)(=O)NCCN(C)C2CC2)ccc1F. The molecule has 0 saturated heterocycles. The number of nitrogens with zero attached hydrogens (tertiary/aromatic N) is 1. The van der Waals surface area contributed by atoms with Crippen LogP contribution in [0.1, 0.15) is 18.4 Å². The maximum atomic E-state index is 13.5. The minimum Gasteiger partial charge on any atom is -0.316 e. The van der Waals surface area contributed by atoms with Crippen molar-refractivity contribution in [3.8, 4) is 0 Å². The average Bonchev–Trinajstić information content (AvgIpc) is 3.25. The van der Waals surface area contributed by atoms with Crippen LogP contribution in [0.25, 0.3) is 0 Å². The lowest BCUT2D eigenvalue weighted by atomic mass is 10.2. The van der Waals surface area contributed by atoms with Gasteiger partial charge in [-0.1, -0.05) is 0 Å². The zero-order chi connectivity index (χ0) is 15.5. The van der Waals surface area contributed by atoms with Crippen molar-refractivity contribution >= 4 is 10.0 Å². The molecule has 0 radical (unpaired) electrons. The van der Waals surface area contributed by atoms with Crippen LogP contribution in [-0.2, 0) is 16.6 Å². The van der Waals surface area contributed by atoms with Gasteiger partial charge in [-0.2, -0.15) is 0 Å². The Balaban J connectivity index is 1.99. The quantitative estimate of drug-likeness (QED) is 0.749. The first-order chi connectivity index (χ1) is 9.94. The summed E-state index contributed by atoms with van der Waals surface area (Å²) in [5, 5.41) is 2.82. The van der Waals surface area contributed by atoms with E-state index in [0.717, 1.165) is 0 Å². The Bertz CT molecular complexity index is 588. The standard InChI is InChI=1S/C14H22FN3O2S/c1-16-10-11-9-13(5-6-14(11)15)21(19,20)17-7-8-18(2)12-3-4-12/h5-6,9,12,16-17H,3-4,7-8,10H2,1-2H3. The third kappa shape index (κ3) is 4.47. The summed E-state index contributed by atoms with van der Waals surface area (Å²) in [5.74, 6) is -0.406. The van der Waals surface area contributed by atoms with E-state index in [-0.39, 0.29) is 4.90 Å². The molecule has 5 nitrogen and oxygen atoms in total. The Morgan fingerprint density at radius 2 is 2.10 bits per heavy atom. The predicted molar refractivity (Wildman–Crippen MR) is 80.0 cm³/mol. The zero-order valence-corrected chi connectivity index (χ0v) is 13.2. The van der Waals surface area contributed by atoms with Crippen LogP contribution in [0.3, 0.4) is 0 Å². The highest BCUT2D eigenvalue weighted by atomic mass is 32.2. The van der Waals surface area contributed by atoms with Crippen LogP contribution < -0.4 is 10.0 Å². The van der Waals surface area contributed by atoms with Crippen molar-refractivity contribution in [1.82, 2.24) is 14.9 Å². The molecule has 0 heterocycles. The Hall–Kier alpha value is -1.02. The highest BCUT2D eigenvalue weighted by Crippen LogP contribution is 2.24. The normalized spacial score (nSPS) is 15.6. The molecule has 21 heavy (non-hydrogen) atoms. The molecule has 2 N–H and O–H groups in total. The number of hydrogen-bond acceptors (Lipinski definition) is 4. The van der Waals surface area contributed by atoms with Crippen LogP contribution in [-0.4, -0.2) is 46.5 Å². The fourth-order valence-corrected chi connectivity index (χ4v) is 3.25. The van der Waals surface area contributed by atoms with Gasteiger partial charge in [0.2, 0.25) is 10.0 Å². The first-order valence-electron chi connectivity index (χ1n) is 7.07. The van der Waals surface area contributed by atoms with Crippen molar-refractivity contribution in [2.45, 2.75) is 30.3 Å². The molecule has 1 saturated carbocycles. The zero-order valence-electron chi connectivity index (χ0n) is 12.4. The number of likely N-dealkylation sites (N-methyl/N-ethyl adjacent to an activating group) is 1. The van der Waals surface area contributed by atoms with E-state index in [1.54, 1.807) is 7.05 Å². The summed E-state index contributed by atoms with van der Waals surface area (Å²) < 4.78 is 40.5. The molecule has 2 rings (SSSR count). The monoisotopic (exact) mass is 315 g/mol. The number of benzene rings is 1. The van der Waals surface area contributed by atoms with Gasteiger partial charge in [-0.3, -0.25) is 0 Å². The van der Waals surface area contributed by atoms with E-state index >= 15 is 0 Å². The summed E-state index contributed by atoms with van der Waals surface area (Å²) >= 11 is 0. The van der Waals surface area contributed by atoms with Crippen molar-refractivity contribution in [2.24, 2.45) is 0 Å². The molecular weight excluding hydrogens is 293 g/mol. The molecule has 0 atom stereocenters. The molecule has 1 aromatic carbocycles. The van der Waals surface area contributed by atoms with Gasteiger partial charge in [0.15, 0.2) is 0 Å². The molecule has 0 unspecified atom stereocenters. The lowest BCUT2D eigenvalue weighted by molar-refractivity contribution is 0.329. The van der Waals surface area contributed by atoms with Crippen LogP contribution in [0.5, 0.6) is 0 Å². The molecule has 0 bridgehead atoms. The Labute approximate surface area is 125 Å². The highest BCUT2D eigenvalue weighted by molar-refractivity contribution is 7.89. The molecule has 1 aromatic rings. The van der Waals surface area contributed by atoms with E-state index in [9.17, 15) is 12.8 Å². The Kier molecular flexibility index (Phi) is 5.32. The van der Waals surface area contributed by atoms with E-state index < -0.39 is 15.8 Å². The van der Waals surface area contributed by atoms with Gasteiger partial charge in [0.1, 0.15) is 5.82 Å². The molecule has 1 aliphatic carbocycles. The van der Waals surface area contributed by atoms with E-state index in [2.05, 4.69) is 14.9 Å². The van der Waals surface area contributed by atoms with Gasteiger partial charge < -0.3 is 10.2 Å². The highest BCUT2D eigenvalue weighted by Gasteiger charge is 2.26. The van der Waals surface area contributed by atoms with Gasteiger partial charge >= 0.3 is 0 Å². The third-order valence-corrected chi connectivity index (χ3v) is 5.08. The molecule has 0 aliphatic heterocycles. The van der Waals surface area contributed by atoms with Crippen LogP contribution in [0.2, 0.25) is 0 Å². The van der Waals surface area contributed by atoms with E-state index in [1.807, 2.05) is 7.05 Å². The average molecular weight is 315 g/mol. The van der Waals surface area contributed by atoms with E-state index in [4.69, 9.17) is 0 Å². The number of nitrogens with one attached hydrogen (secondary N) is 2. The minimum absolute atomic E-state index is 0.100. The summed E-state index contributed by atoms with van der Waals surface area (Å²) in [6.45, 7) is 1.32. The summed E-state index contributed by atoms with van der Waals surface area (Å²) in [4.78, 5) is 2.25. The number of hydrogen-bond donors (Lipinski definition) is 2. The first-order valence-corrected chi connectivity index (χ1v) is 8.55. The molecule has 0 spiro atoms. The van der Waals surface area contributed by atoms with Crippen molar-refractivity contribution in [3.63, 3.8) is 0 Å². The number of halogens is 1. The summed E-state index contributed by atoms with van der Waals surface area (Å²) in [5.41, 5.74) is 0.343. The molecule has 1 fully saturated rings. The fraction of sp³-hybridized carbons (Fsp3) is 0.571. The fourth-order valence-electron chi connectivity index (χ4n) is 2.18. The maximum Gasteiger partial charge on any atom is 0.240 e.